The summed E-state index contributed by atoms with van der Waals surface area (Å²) < 4.78 is 11.5. The molecule has 2 fully saturated rings. The summed E-state index contributed by atoms with van der Waals surface area (Å²) in [6, 6.07) is 9.36. The van der Waals surface area contributed by atoms with Gasteiger partial charge in [-0.3, -0.25) is 4.90 Å². The maximum absolute atomic E-state index is 5.93. The lowest BCUT2D eigenvalue weighted by Crippen LogP contribution is -2.37. The lowest BCUT2D eigenvalue weighted by atomic mass is 10.1. The fourth-order valence-electron chi connectivity index (χ4n) is 3.35. The average Bonchev–Trinajstić information content (AvgIpc) is 2.83. The molecule has 2 bridgehead atoms. The molecule has 0 aromatic heterocycles. The monoisotopic (exact) mass is 326 g/mol. The van der Waals surface area contributed by atoms with E-state index >= 15 is 0 Å². The highest BCUT2D eigenvalue weighted by atomic mass is 35.5. The van der Waals surface area contributed by atoms with Gasteiger partial charge in [0.2, 0.25) is 0 Å². The van der Waals surface area contributed by atoms with Crippen molar-refractivity contribution in [2.45, 2.75) is 38.3 Å². The second-order valence-electron chi connectivity index (χ2n) is 5.96. The highest BCUT2D eigenvalue weighted by molar-refractivity contribution is 5.85. The van der Waals surface area contributed by atoms with Gasteiger partial charge < -0.3 is 14.8 Å². The van der Waals surface area contributed by atoms with Gasteiger partial charge in [-0.05, 0) is 44.9 Å². The van der Waals surface area contributed by atoms with E-state index in [1.807, 2.05) is 31.2 Å². The second-order valence-corrected chi connectivity index (χ2v) is 5.96. The summed E-state index contributed by atoms with van der Waals surface area (Å²) in [4.78, 5) is 2.53. The summed E-state index contributed by atoms with van der Waals surface area (Å²) >= 11 is 0. The molecule has 2 saturated heterocycles. The Morgan fingerprint density at radius 3 is 2.59 bits per heavy atom. The topological polar surface area (TPSA) is 33.7 Å². The Balaban J connectivity index is 0.00000176. The normalized spacial score (nSPS) is 24.4. The van der Waals surface area contributed by atoms with Crippen LogP contribution in [-0.2, 0) is 0 Å². The molecule has 4 nitrogen and oxygen atoms in total. The Kier molecular flexibility index (Phi) is 6.80. The zero-order chi connectivity index (χ0) is 14.5. The number of rotatable bonds is 6. The van der Waals surface area contributed by atoms with Crippen LogP contribution in [0.3, 0.4) is 0 Å². The molecule has 1 N–H and O–H groups in total. The number of hydrogen-bond donors (Lipinski definition) is 1. The number of nitrogens with zero attached hydrogens (tertiary/aromatic N) is 1. The van der Waals surface area contributed by atoms with Crippen molar-refractivity contribution in [3.8, 4) is 11.5 Å². The van der Waals surface area contributed by atoms with E-state index in [1.165, 1.54) is 25.8 Å². The molecule has 124 valence electrons. The molecule has 2 aliphatic heterocycles. The summed E-state index contributed by atoms with van der Waals surface area (Å²) in [6.07, 6.45) is 3.96. The molecule has 1 aromatic carbocycles. The third-order valence-electron chi connectivity index (χ3n) is 4.42. The molecular formula is C17H27ClN2O2. The van der Waals surface area contributed by atoms with Crippen molar-refractivity contribution in [3.63, 3.8) is 0 Å². The smallest absolute Gasteiger partial charge is 0.161 e. The molecular weight excluding hydrogens is 300 g/mol. The number of halogens is 1. The van der Waals surface area contributed by atoms with E-state index in [0.717, 1.165) is 37.2 Å². The predicted octanol–water partition coefficient (Wildman–Crippen LogP) is 2.71. The molecule has 0 spiro atoms. The first-order chi connectivity index (χ1) is 10.3. The lowest BCUT2D eigenvalue weighted by Gasteiger charge is -2.24. The van der Waals surface area contributed by atoms with Gasteiger partial charge in [0.25, 0.3) is 0 Å². The first-order valence-corrected chi connectivity index (χ1v) is 8.18. The van der Waals surface area contributed by atoms with Crippen molar-refractivity contribution in [1.82, 2.24) is 10.2 Å². The molecule has 2 aliphatic rings. The Hall–Kier alpha value is -0.970. The molecule has 0 saturated carbocycles. The molecule has 2 unspecified atom stereocenters. The fourth-order valence-corrected chi connectivity index (χ4v) is 3.35. The summed E-state index contributed by atoms with van der Waals surface area (Å²) in [5.74, 6) is 1.70. The first-order valence-electron chi connectivity index (χ1n) is 8.18. The maximum atomic E-state index is 5.93. The van der Waals surface area contributed by atoms with E-state index in [-0.39, 0.29) is 12.4 Å². The quantitative estimate of drug-likeness (QED) is 0.871. The van der Waals surface area contributed by atoms with Crippen LogP contribution in [0.4, 0.5) is 0 Å². The van der Waals surface area contributed by atoms with Gasteiger partial charge in [0.15, 0.2) is 11.5 Å². The molecule has 2 atom stereocenters. The van der Waals surface area contributed by atoms with Crippen LogP contribution in [0.2, 0.25) is 0 Å². The zero-order valence-electron chi connectivity index (χ0n) is 13.3. The molecule has 22 heavy (non-hydrogen) atoms. The lowest BCUT2D eigenvalue weighted by molar-refractivity contribution is 0.196. The third kappa shape index (κ3) is 4.51. The number of ether oxygens (including phenoxy) is 2. The van der Waals surface area contributed by atoms with Gasteiger partial charge in [0.05, 0.1) is 6.61 Å². The molecule has 2 heterocycles. The van der Waals surface area contributed by atoms with Gasteiger partial charge in [0.1, 0.15) is 6.61 Å². The van der Waals surface area contributed by atoms with Gasteiger partial charge in [0, 0.05) is 25.2 Å². The van der Waals surface area contributed by atoms with E-state index in [2.05, 4.69) is 10.2 Å². The van der Waals surface area contributed by atoms with Crippen LogP contribution in [0.15, 0.2) is 24.3 Å². The Labute approximate surface area is 139 Å². The van der Waals surface area contributed by atoms with Crippen LogP contribution in [0.25, 0.3) is 0 Å². The van der Waals surface area contributed by atoms with Crippen molar-refractivity contribution in [2.75, 3.05) is 32.8 Å². The van der Waals surface area contributed by atoms with E-state index in [0.29, 0.717) is 12.6 Å². The van der Waals surface area contributed by atoms with Gasteiger partial charge in [-0.15, -0.1) is 12.4 Å². The Bertz CT molecular complexity index is 458. The van der Waals surface area contributed by atoms with Gasteiger partial charge in [-0.1, -0.05) is 12.1 Å². The highest BCUT2D eigenvalue weighted by Gasteiger charge is 2.28. The first kappa shape index (κ1) is 17.4. The number of hydrogen-bond acceptors (Lipinski definition) is 4. The van der Waals surface area contributed by atoms with Crippen molar-refractivity contribution in [1.29, 1.82) is 0 Å². The van der Waals surface area contributed by atoms with Crippen molar-refractivity contribution >= 4 is 12.4 Å². The molecule has 1 aromatic rings. The molecule has 3 rings (SSSR count). The van der Waals surface area contributed by atoms with Gasteiger partial charge >= 0.3 is 0 Å². The van der Waals surface area contributed by atoms with Gasteiger partial charge in [-0.2, -0.15) is 0 Å². The van der Waals surface area contributed by atoms with E-state index in [4.69, 9.17) is 9.47 Å². The Morgan fingerprint density at radius 2 is 1.82 bits per heavy atom. The van der Waals surface area contributed by atoms with E-state index in [9.17, 15) is 0 Å². The van der Waals surface area contributed by atoms with Crippen LogP contribution < -0.4 is 14.8 Å². The number of benzene rings is 1. The summed E-state index contributed by atoms with van der Waals surface area (Å²) in [5, 5.41) is 3.71. The SMILES string of the molecule is CCOc1ccccc1OCCN1CCC2CCC(C1)N2.Cl. The van der Waals surface area contributed by atoms with Crippen LogP contribution in [0.5, 0.6) is 11.5 Å². The molecule has 5 heteroatoms. The standard InChI is InChI=1S/C17H26N2O2.ClH/c1-2-20-16-5-3-4-6-17(16)21-12-11-19-10-9-14-7-8-15(13-19)18-14;/h3-6,14-15,18H,2,7-13H2,1H3;1H. The Morgan fingerprint density at radius 1 is 1.09 bits per heavy atom. The third-order valence-corrected chi connectivity index (χ3v) is 4.42. The largest absolute Gasteiger partial charge is 0.490 e. The van der Waals surface area contributed by atoms with Crippen molar-refractivity contribution < 1.29 is 9.47 Å². The zero-order valence-corrected chi connectivity index (χ0v) is 14.1. The number of fused-ring (bicyclic) bond motifs is 2. The van der Waals surface area contributed by atoms with Crippen molar-refractivity contribution in [2.24, 2.45) is 0 Å². The fraction of sp³-hybridized carbons (Fsp3) is 0.647. The van der Waals surface area contributed by atoms with Crippen LogP contribution >= 0.6 is 12.4 Å². The minimum Gasteiger partial charge on any atom is -0.490 e. The summed E-state index contributed by atoms with van der Waals surface area (Å²) in [5.41, 5.74) is 0. The minimum absolute atomic E-state index is 0. The maximum Gasteiger partial charge on any atom is 0.161 e. The van der Waals surface area contributed by atoms with Crippen molar-refractivity contribution in [3.05, 3.63) is 24.3 Å². The average molecular weight is 327 g/mol. The van der Waals surface area contributed by atoms with Gasteiger partial charge in [-0.25, -0.2) is 0 Å². The predicted molar refractivity (Wildman–Crippen MR) is 91.4 cm³/mol. The molecule has 0 aliphatic carbocycles. The molecule has 0 amide bonds. The second kappa shape index (κ2) is 8.61. The van der Waals surface area contributed by atoms with Crippen LogP contribution in [0.1, 0.15) is 26.2 Å². The summed E-state index contributed by atoms with van der Waals surface area (Å²) in [7, 11) is 0. The number of likely N-dealkylation sites (tertiary alicyclic amines) is 1. The van der Waals surface area contributed by atoms with Crippen LogP contribution in [0, 0.1) is 0 Å². The number of nitrogens with one attached hydrogen (secondary N) is 1. The number of para-hydroxylation sites is 2. The molecule has 0 radical (unpaired) electrons. The highest BCUT2D eigenvalue weighted by Crippen LogP contribution is 2.26. The minimum atomic E-state index is 0. The van der Waals surface area contributed by atoms with E-state index < -0.39 is 0 Å². The summed E-state index contributed by atoms with van der Waals surface area (Å²) in [6.45, 7) is 6.72. The van der Waals surface area contributed by atoms with Crippen LogP contribution in [-0.4, -0.2) is 49.8 Å². The van der Waals surface area contributed by atoms with E-state index in [1.54, 1.807) is 0 Å².